The molecule has 0 radical (unpaired) electrons. The Kier molecular flexibility index (Phi) is 9.06. The highest BCUT2D eigenvalue weighted by atomic mass is 32.7. The average Bonchev–Trinajstić information content (AvgIpc) is 3.76. The summed E-state index contributed by atoms with van der Waals surface area (Å²) in [5, 5.41) is 17.7. The van der Waals surface area contributed by atoms with Crippen LogP contribution in [0.3, 0.4) is 0 Å². The molecule has 2 saturated heterocycles. The number of aliphatic hydroxyl groups is 1. The topological polar surface area (TPSA) is 263 Å². The van der Waals surface area contributed by atoms with Gasteiger partial charge >= 0.3 is 19.9 Å². The number of nitrogens with one attached hydrogen (secondary N) is 1. The lowest BCUT2D eigenvalue weighted by Crippen LogP contribution is -2.40. The van der Waals surface area contributed by atoms with Crippen molar-refractivity contribution in [3.05, 3.63) is 28.9 Å². The van der Waals surface area contributed by atoms with Gasteiger partial charge in [0.2, 0.25) is 18.3 Å². The van der Waals surface area contributed by atoms with Gasteiger partial charge < -0.3 is 44.6 Å². The number of aliphatic hydroxyl groups excluding tert-OH is 1. The number of alkyl halides is 3. The summed E-state index contributed by atoms with van der Waals surface area (Å²) >= 11 is 8.73. The van der Waals surface area contributed by atoms with Crippen LogP contribution in [0.5, 0.6) is 0 Å². The fourth-order valence-corrected chi connectivity index (χ4v) is 7.49. The first kappa shape index (κ1) is 34.0. The third-order valence-electron chi connectivity index (χ3n) is 7.40. The van der Waals surface area contributed by atoms with Gasteiger partial charge in [0.1, 0.15) is 54.5 Å². The van der Waals surface area contributed by atoms with E-state index in [0.29, 0.717) is 0 Å². The van der Waals surface area contributed by atoms with Gasteiger partial charge in [0.15, 0.2) is 17.4 Å². The van der Waals surface area contributed by atoms with Crippen LogP contribution in [-0.2, 0) is 39.4 Å². The zero-order valence-corrected chi connectivity index (χ0v) is 26.9. The number of H-pyrrole nitrogens is 1. The van der Waals surface area contributed by atoms with Gasteiger partial charge in [-0.25, -0.2) is 14.4 Å². The van der Waals surface area contributed by atoms with Crippen LogP contribution in [0.1, 0.15) is 18.9 Å². The van der Waals surface area contributed by atoms with Crippen LogP contribution in [0.25, 0.3) is 22.2 Å². The highest BCUT2D eigenvalue weighted by Gasteiger charge is 2.64. The minimum atomic E-state index is -4.46. The van der Waals surface area contributed by atoms with Gasteiger partial charge in [0, 0.05) is 12.6 Å². The maximum atomic E-state index is 15.8. The van der Waals surface area contributed by atoms with E-state index in [9.17, 15) is 23.7 Å². The fourth-order valence-electron chi connectivity index (χ4n) is 5.28. The molecule has 6 heterocycles. The number of thiol groups is 1. The normalized spacial score (nSPS) is 29.1. The second kappa shape index (κ2) is 12.5. The smallest absolute Gasteiger partial charge is 0.393 e. The van der Waals surface area contributed by atoms with E-state index in [2.05, 4.69) is 42.5 Å². The number of nitrogens with two attached hydrogens (primary N) is 2. The molecule has 26 heteroatoms. The van der Waals surface area contributed by atoms with E-state index in [1.165, 1.54) is 12.3 Å². The van der Waals surface area contributed by atoms with Crippen molar-refractivity contribution in [2.75, 3.05) is 31.4 Å². The van der Waals surface area contributed by atoms with Gasteiger partial charge in [0.05, 0.1) is 18.6 Å². The third kappa shape index (κ3) is 6.23. The Morgan fingerprint density at radius 2 is 2.09 bits per heavy atom. The van der Waals surface area contributed by atoms with Crippen LogP contribution < -0.4 is 17.0 Å². The van der Waals surface area contributed by atoms with Gasteiger partial charge in [-0.3, -0.25) is 9.78 Å². The van der Waals surface area contributed by atoms with Crippen molar-refractivity contribution in [1.29, 1.82) is 0 Å². The summed E-state index contributed by atoms with van der Waals surface area (Å²) in [4.78, 5) is 37.3. The van der Waals surface area contributed by atoms with E-state index in [-0.39, 0.29) is 34.0 Å². The van der Waals surface area contributed by atoms with Gasteiger partial charge in [-0.05, 0) is 22.4 Å². The predicted octanol–water partition coefficient (Wildman–Crippen LogP) is 0.867. The van der Waals surface area contributed by atoms with Crippen LogP contribution in [0, 0.1) is 0 Å². The molecule has 4 aromatic rings. The monoisotopic (exact) mass is 743 g/mol. The quantitative estimate of drug-likeness (QED) is 0.0919. The second-order valence-electron chi connectivity index (χ2n) is 10.4. The van der Waals surface area contributed by atoms with Crippen LogP contribution in [0.15, 0.2) is 23.4 Å². The highest BCUT2D eigenvalue weighted by molar-refractivity contribution is 8.39. The molecule has 8 atom stereocenters. The van der Waals surface area contributed by atoms with Gasteiger partial charge in [-0.2, -0.15) is 18.4 Å². The number of halogens is 3. The molecule has 2 fully saturated rings. The molecule has 7 N–H and O–H groups in total. The molecule has 2 unspecified atom stereocenters. The Labute approximate surface area is 271 Å². The van der Waals surface area contributed by atoms with E-state index in [1.807, 2.05) is 0 Å². The minimum absolute atomic E-state index is 0.000242. The van der Waals surface area contributed by atoms with Crippen molar-refractivity contribution in [2.45, 2.75) is 48.7 Å². The number of anilines is 2. The molecule has 47 heavy (non-hydrogen) atoms. The fraction of sp³-hybridized carbons (Fsp3) is 0.524. The molecule has 0 aliphatic carbocycles. The van der Waals surface area contributed by atoms with Crippen molar-refractivity contribution in [3.8, 4) is 0 Å². The summed E-state index contributed by atoms with van der Waals surface area (Å²) in [5.41, 5.74) is 8.36. The van der Waals surface area contributed by atoms with Crippen LogP contribution in [0.2, 0.25) is 0 Å². The first-order valence-electron chi connectivity index (χ1n) is 13.2. The van der Waals surface area contributed by atoms with Crippen molar-refractivity contribution < 1.29 is 50.8 Å². The molecule has 0 bridgehead atoms. The number of aromatic amines is 1. The number of hydrogen-bond donors (Lipinski definition) is 6. The maximum Gasteiger partial charge on any atom is 0.582 e. The molecular formula is C21H24F3N10O9P2S2+. The number of aromatic nitrogens is 8. The van der Waals surface area contributed by atoms with Crippen LogP contribution >= 0.6 is 26.2 Å². The third-order valence-corrected chi connectivity index (χ3v) is 9.68. The molecule has 2 aliphatic rings. The first-order valence-corrected chi connectivity index (χ1v) is 18.1. The number of ether oxygens (including phenoxy) is 2. The van der Waals surface area contributed by atoms with Crippen molar-refractivity contribution >= 4 is 72.0 Å². The summed E-state index contributed by atoms with van der Waals surface area (Å²) in [7, 11) is -2.89. The van der Waals surface area contributed by atoms with Gasteiger partial charge in [-0.1, -0.05) is 5.21 Å². The minimum Gasteiger partial charge on any atom is -0.393 e. The number of nitrogens with zero attached hydrogens (tertiary/aromatic N) is 7. The van der Waals surface area contributed by atoms with E-state index in [0.717, 1.165) is 15.6 Å². The molecule has 0 spiro atoms. The molecule has 0 aromatic carbocycles. The summed E-state index contributed by atoms with van der Waals surface area (Å²) in [6.07, 6.45) is -7.07. The van der Waals surface area contributed by atoms with E-state index in [4.69, 9.17) is 46.3 Å². The zero-order chi connectivity index (χ0) is 33.9. The molecular weight excluding hydrogens is 719 g/mol. The Morgan fingerprint density at radius 3 is 2.79 bits per heavy atom. The van der Waals surface area contributed by atoms with E-state index < -0.39 is 88.1 Å². The van der Waals surface area contributed by atoms with Crippen molar-refractivity contribution in [3.63, 3.8) is 0 Å². The number of fused-ring (bicyclic) bond motifs is 2. The molecule has 0 amide bonds. The summed E-state index contributed by atoms with van der Waals surface area (Å²) in [6, 6.07) is 1.40. The largest absolute Gasteiger partial charge is 0.582 e. The molecule has 0 saturated carbocycles. The lowest BCUT2D eigenvalue weighted by atomic mass is 10.0. The molecule has 4 aromatic heterocycles. The van der Waals surface area contributed by atoms with Gasteiger partial charge in [-0.15, -0.1) is 9.62 Å². The van der Waals surface area contributed by atoms with Crippen LogP contribution in [0.4, 0.5) is 24.9 Å². The lowest BCUT2D eigenvalue weighted by Gasteiger charge is -2.25. The SMILES string of the molecule is Nc1nc2c(nnn2[C@@H]2O[C@@](CO)(CF)C[C@H]2OP(O)(=S)OC[C@H]2O[C@@H](n3ccc4c(N)ncnc43)C(F)(F)[C@@H]2O[P+](=O)S)c(=O)[nH]1. The molecule has 2 aliphatic heterocycles. The van der Waals surface area contributed by atoms with Crippen molar-refractivity contribution in [2.24, 2.45) is 0 Å². The van der Waals surface area contributed by atoms with Gasteiger partial charge in [0.25, 0.3) is 5.56 Å². The number of hydrogen-bond acceptors (Lipinski definition) is 16. The molecule has 6 rings (SSSR count). The molecule has 254 valence electrons. The Morgan fingerprint density at radius 1 is 1.32 bits per heavy atom. The second-order valence-corrected chi connectivity index (χ2v) is 14.9. The Hall–Kier alpha value is -2.89. The highest BCUT2D eigenvalue weighted by Crippen LogP contribution is 2.54. The summed E-state index contributed by atoms with van der Waals surface area (Å²) in [5.74, 6) is -4.16. The standard InChI is InChI=1S/C21H23F3N10O9P2S2/c22-5-20(6-35)3-9(17(41-20)34-15-11(31-32-34)16(36)30-19(26)29-15)43-45(38,47)39-4-10-12(42-44(37)46)21(23,24)18(40-10)33-2-1-8-13(25)27-7-28-14(8)33/h1-2,7,9-10,12,17-18,35H,3-6H2,(H6-,25,26,27,28,29,30,32,36,37,38,46,47)/p+1/t9-,10-,12-,17-,18-,20-,45?/m1/s1. The summed E-state index contributed by atoms with van der Waals surface area (Å²) in [6.45, 7) is -7.42. The lowest BCUT2D eigenvalue weighted by molar-refractivity contribution is -0.132. The van der Waals surface area contributed by atoms with E-state index >= 15 is 8.78 Å². The maximum absolute atomic E-state index is 15.8. The Balaban J connectivity index is 1.25. The average molecular weight is 744 g/mol. The zero-order valence-electron chi connectivity index (χ0n) is 23.4. The summed E-state index contributed by atoms with van der Waals surface area (Å²) < 4.78 is 86.7. The van der Waals surface area contributed by atoms with Crippen LogP contribution in [-0.4, -0.2) is 99.2 Å². The van der Waals surface area contributed by atoms with E-state index in [1.54, 1.807) is 0 Å². The predicted molar refractivity (Wildman–Crippen MR) is 160 cm³/mol. The first-order chi connectivity index (χ1) is 22.2. The molecule has 19 nitrogen and oxygen atoms in total. The number of nitrogen functional groups attached to an aromatic ring is 2. The number of rotatable bonds is 11. The van der Waals surface area contributed by atoms with Crippen molar-refractivity contribution in [1.82, 2.24) is 39.5 Å². The Bertz CT molecular complexity index is 1950.